The average Bonchev–Trinajstić information content (AvgIpc) is 3.50. The second-order valence-corrected chi connectivity index (χ2v) is 14.8. The summed E-state index contributed by atoms with van der Waals surface area (Å²) in [6.07, 6.45) is 0. The van der Waals surface area contributed by atoms with Crippen LogP contribution in [0.25, 0.3) is 89.4 Å². The van der Waals surface area contributed by atoms with Crippen molar-refractivity contribution < 1.29 is 0 Å². The van der Waals surface area contributed by atoms with Crippen LogP contribution in [-0.2, 0) is 5.41 Å². The second-order valence-electron chi connectivity index (χ2n) is 14.8. The minimum Gasteiger partial charge on any atom is -0.208 e. The first-order valence-electron chi connectivity index (χ1n) is 18.9. The quantitative estimate of drug-likeness (QED) is 0.173. The first-order valence-corrected chi connectivity index (χ1v) is 18.9. The lowest BCUT2D eigenvalue weighted by molar-refractivity contribution is 0.666. The van der Waals surface area contributed by atoms with E-state index < -0.39 is 0 Å². The van der Waals surface area contributed by atoms with E-state index >= 15 is 0 Å². The number of hydrogen-bond acceptors (Lipinski definition) is 3. The monoisotopic (exact) mass is 703 g/mol. The van der Waals surface area contributed by atoms with E-state index in [4.69, 9.17) is 15.0 Å². The van der Waals surface area contributed by atoms with Crippen LogP contribution in [-0.4, -0.2) is 15.0 Å². The lowest BCUT2D eigenvalue weighted by Crippen LogP contribution is -2.15. The Kier molecular flexibility index (Phi) is 7.81. The van der Waals surface area contributed by atoms with Crippen molar-refractivity contribution >= 4 is 10.8 Å². The zero-order chi connectivity index (χ0) is 36.9. The molecule has 1 aromatic heterocycles. The van der Waals surface area contributed by atoms with Crippen LogP contribution in [0.5, 0.6) is 0 Å². The highest BCUT2D eigenvalue weighted by molar-refractivity contribution is 6.04. The van der Waals surface area contributed by atoms with Gasteiger partial charge in [-0.05, 0) is 90.7 Å². The standard InChI is InChI=1S/C52H37N3/c1-52(2)46-25-15-14-24-44(46)47-45(33-39-22-12-13-23-43(39)48(47)52)36-26-28-38(29-27-36)50-53-49(37-20-10-5-11-21-37)54-51(55-50)42-31-40(34-16-6-3-7-17-34)30-41(32-42)35-18-8-4-9-19-35/h3-33H,1-2H3. The largest absolute Gasteiger partial charge is 0.208 e. The fourth-order valence-electron chi connectivity index (χ4n) is 8.39. The van der Waals surface area contributed by atoms with E-state index in [0.29, 0.717) is 17.5 Å². The third-order valence-electron chi connectivity index (χ3n) is 11.1. The maximum Gasteiger partial charge on any atom is 0.164 e. The highest BCUT2D eigenvalue weighted by Gasteiger charge is 2.38. The Morgan fingerprint density at radius 1 is 0.345 bits per heavy atom. The summed E-state index contributed by atoms with van der Waals surface area (Å²) >= 11 is 0. The van der Waals surface area contributed by atoms with Gasteiger partial charge in [-0.3, -0.25) is 0 Å². The normalized spacial score (nSPS) is 12.7. The SMILES string of the molecule is CC1(C)c2ccccc2-c2c(-c3ccc(-c4nc(-c5ccccc5)nc(-c5cc(-c6ccccc6)cc(-c6ccccc6)c5)n4)cc3)cc3ccccc3c21. The predicted molar refractivity (Wildman–Crippen MR) is 228 cm³/mol. The molecular formula is C52H37N3. The van der Waals surface area contributed by atoms with E-state index in [1.165, 1.54) is 44.2 Å². The van der Waals surface area contributed by atoms with Gasteiger partial charge in [-0.1, -0.05) is 178 Å². The highest BCUT2D eigenvalue weighted by Crippen LogP contribution is 2.54. The molecule has 0 atom stereocenters. The first kappa shape index (κ1) is 32.7. The van der Waals surface area contributed by atoms with Crippen molar-refractivity contribution in [3.05, 3.63) is 199 Å². The van der Waals surface area contributed by atoms with Crippen LogP contribution in [0.15, 0.2) is 188 Å². The van der Waals surface area contributed by atoms with Crippen molar-refractivity contribution in [3.8, 4) is 78.7 Å². The summed E-state index contributed by atoms with van der Waals surface area (Å²) in [4.78, 5) is 15.4. The van der Waals surface area contributed by atoms with Gasteiger partial charge in [0.1, 0.15) is 0 Å². The van der Waals surface area contributed by atoms with Crippen molar-refractivity contribution in [2.45, 2.75) is 19.3 Å². The molecule has 0 radical (unpaired) electrons. The third kappa shape index (κ3) is 5.73. The molecule has 1 aliphatic rings. The van der Waals surface area contributed by atoms with Crippen LogP contribution in [0.1, 0.15) is 25.0 Å². The summed E-state index contributed by atoms with van der Waals surface area (Å²) in [6, 6.07) is 66.6. The van der Waals surface area contributed by atoms with Crippen LogP contribution >= 0.6 is 0 Å². The second kappa shape index (κ2) is 13.2. The van der Waals surface area contributed by atoms with Gasteiger partial charge in [0, 0.05) is 22.1 Å². The maximum absolute atomic E-state index is 5.20. The van der Waals surface area contributed by atoms with Gasteiger partial charge in [-0.2, -0.15) is 0 Å². The molecule has 8 aromatic carbocycles. The Morgan fingerprint density at radius 2 is 0.800 bits per heavy atom. The van der Waals surface area contributed by atoms with Gasteiger partial charge in [0.05, 0.1) is 0 Å². The molecular weight excluding hydrogens is 667 g/mol. The Hall–Kier alpha value is -6.97. The van der Waals surface area contributed by atoms with E-state index in [2.05, 4.69) is 172 Å². The topological polar surface area (TPSA) is 38.7 Å². The number of hydrogen-bond donors (Lipinski definition) is 0. The molecule has 1 heterocycles. The maximum atomic E-state index is 5.20. The first-order chi connectivity index (χ1) is 27.0. The Labute approximate surface area is 321 Å². The van der Waals surface area contributed by atoms with E-state index in [0.717, 1.165) is 38.9 Å². The van der Waals surface area contributed by atoms with Gasteiger partial charge in [-0.15, -0.1) is 0 Å². The van der Waals surface area contributed by atoms with Crippen molar-refractivity contribution in [3.63, 3.8) is 0 Å². The van der Waals surface area contributed by atoms with Crippen LogP contribution in [0.4, 0.5) is 0 Å². The molecule has 0 N–H and O–H groups in total. The van der Waals surface area contributed by atoms with E-state index in [9.17, 15) is 0 Å². The highest BCUT2D eigenvalue weighted by atomic mass is 15.0. The fourth-order valence-corrected chi connectivity index (χ4v) is 8.39. The molecule has 1 aliphatic carbocycles. The summed E-state index contributed by atoms with van der Waals surface area (Å²) in [5.41, 5.74) is 15.0. The van der Waals surface area contributed by atoms with Gasteiger partial charge in [0.25, 0.3) is 0 Å². The molecule has 0 aliphatic heterocycles. The van der Waals surface area contributed by atoms with Crippen molar-refractivity contribution in [1.29, 1.82) is 0 Å². The van der Waals surface area contributed by atoms with Gasteiger partial charge in [0.2, 0.25) is 0 Å². The third-order valence-corrected chi connectivity index (χ3v) is 11.1. The zero-order valence-electron chi connectivity index (χ0n) is 30.7. The molecule has 55 heavy (non-hydrogen) atoms. The lowest BCUT2D eigenvalue weighted by atomic mass is 9.79. The van der Waals surface area contributed by atoms with Gasteiger partial charge in [-0.25, -0.2) is 15.0 Å². The Balaban J connectivity index is 1.13. The van der Waals surface area contributed by atoms with Crippen LogP contribution in [0.3, 0.4) is 0 Å². The van der Waals surface area contributed by atoms with Crippen molar-refractivity contribution in [2.24, 2.45) is 0 Å². The number of benzene rings is 8. The molecule has 0 amide bonds. The van der Waals surface area contributed by atoms with Crippen molar-refractivity contribution in [1.82, 2.24) is 15.0 Å². The summed E-state index contributed by atoms with van der Waals surface area (Å²) in [7, 11) is 0. The van der Waals surface area contributed by atoms with E-state index in [1.807, 2.05) is 30.3 Å². The number of aromatic nitrogens is 3. The van der Waals surface area contributed by atoms with E-state index in [1.54, 1.807) is 0 Å². The van der Waals surface area contributed by atoms with Crippen LogP contribution < -0.4 is 0 Å². The number of rotatable bonds is 6. The molecule has 0 bridgehead atoms. The minimum atomic E-state index is -0.116. The average molecular weight is 704 g/mol. The van der Waals surface area contributed by atoms with Crippen LogP contribution in [0, 0.1) is 0 Å². The molecule has 3 nitrogen and oxygen atoms in total. The molecule has 3 heteroatoms. The van der Waals surface area contributed by atoms with E-state index in [-0.39, 0.29) is 5.41 Å². The van der Waals surface area contributed by atoms with Gasteiger partial charge in [0.15, 0.2) is 17.5 Å². The predicted octanol–water partition coefficient (Wildman–Crippen LogP) is 13.3. The Bertz CT molecular complexity index is 2800. The molecule has 0 saturated carbocycles. The van der Waals surface area contributed by atoms with Gasteiger partial charge >= 0.3 is 0 Å². The molecule has 10 rings (SSSR count). The minimum absolute atomic E-state index is 0.116. The van der Waals surface area contributed by atoms with Crippen molar-refractivity contribution in [2.75, 3.05) is 0 Å². The zero-order valence-corrected chi connectivity index (χ0v) is 30.7. The van der Waals surface area contributed by atoms with Crippen LogP contribution in [0.2, 0.25) is 0 Å². The van der Waals surface area contributed by atoms with Gasteiger partial charge < -0.3 is 0 Å². The summed E-state index contributed by atoms with van der Waals surface area (Å²) in [5, 5.41) is 2.57. The molecule has 0 fully saturated rings. The molecule has 0 saturated heterocycles. The fraction of sp³-hybridized carbons (Fsp3) is 0.0577. The number of nitrogens with zero attached hydrogens (tertiary/aromatic N) is 3. The Morgan fingerprint density at radius 3 is 1.42 bits per heavy atom. The number of fused-ring (bicyclic) bond motifs is 5. The summed E-state index contributed by atoms with van der Waals surface area (Å²) in [6.45, 7) is 4.72. The molecule has 0 unspecified atom stereocenters. The molecule has 260 valence electrons. The smallest absolute Gasteiger partial charge is 0.164 e. The lowest BCUT2D eigenvalue weighted by Gasteiger charge is -2.24. The summed E-state index contributed by atoms with van der Waals surface area (Å²) < 4.78 is 0. The summed E-state index contributed by atoms with van der Waals surface area (Å²) in [5.74, 6) is 1.91. The molecule has 9 aromatic rings. The molecule has 0 spiro atoms.